The van der Waals surface area contributed by atoms with E-state index in [-0.39, 0.29) is 5.41 Å². The van der Waals surface area contributed by atoms with Gasteiger partial charge in [-0.05, 0) is 24.7 Å². The Morgan fingerprint density at radius 3 is 2.17 bits per heavy atom. The van der Waals surface area contributed by atoms with Gasteiger partial charge in [-0.3, -0.25) is 0 Å². The predicted octanol–water partition coefficient (Wildman–Crippen LogP) is 3.43. The number of Topliss-reactive ketones (excluding diaryl/α,β-unsaturated/α-hetero) is 1. The Labute approximate surface area is 76.6 Å². The molecule has 0 atom stereocenters. The first-order valence-electron chi connectivity index (χ1n) is 4.83. The van der Waals surface area contributed by atoms with Crippen LogP contribution >= 0.6 is 0 Å². The maximum Gasteiger partial charge on any atom is 0.130 e. The highest BCUT2D eigenvalue weighted by atomic mass is 16.1. The quantitative estimate of drug-likeness (QED) is 0.618. The SMILES string of the molecule is CC(=O)CC(C)(C)CCC(C)C. The van der Waals surface area contributed by atoms with Crippen molar-refractivity contribution in [2.75, 3.05) is 0 Å². The first kappa shape index (κ1) is 11.7. The molecule has 0 bridgehead atoms. The van der Waals surface area contributed by atoms with E-state index in [1.54, 1.807) is 6.92 Å². The van der Waals surface area contributed by atoms with E-state index >= 15 is 0 Å². The van der Waals surface area contributed by atoms with Crippen molar-refractivity contribution in [2.24, 2.45) is 11.3 Å². The van der Waals surface area contributed by atoms with Crippen LogP contribution in [0.1, 0.15) is 53.9 Å². The largest absolute Gasteiger partial charge is 0.300 e. The van der Waals surface area contributed by atoms with E-state index in [0.717, 1.165) is 18.8 Å². The van der Waals surface area contributed by atoms with Crippen molar-refractivity contribution in [3.8, 4) is 0 Å². The summed E-state index contributed by atoms with van der Waals surface area (Å²) < 4.78 is 0. The normalized spacial score (nSPS) is 12.2. The second-order valence-corrected chi connectivity index (χ2v) is 4.98. The molecule has 0 amide bonds. The van der Waals surface area contributed by atoms with Gasteiger partial charge < -0.3 is 4.79 Å². The van der Waals surface area contributed by atoms with Gasteiger partial charge in [0.25, 0.3) is 0 Å². The zero-order valence-electron chi connectivity index (χ0n) is 9.11. The molecule has 0 aromatic heterocycles. The maximum absolute atomic E-state index is 10.9. The summed E-state index contributed by atoms with van der Waals surface area (Å²) in [4.78, 5) is 10.9. The minimum Gasteiger partial charge on any atom is -0.300 e. The highest BCUT2D eigenvalue weighted by molar-refractivity contribution is 5.76. The number of carbonyl (C=O) groups is 1. The third-order valence-electron chi connectivity index (χ3n) is 2.13. The van der Waals surface area contributed by atoms with Gasteiger partial charge in [-0.15, -0.1) is 0 Å². The first-order valence-corrected chi connectivity index (χ1v) is 4.83. The van der Waals surface area contributed by atoms with Crippen LogP contribution in [-0.4, -0.2) is 5.78 Å². The van der Waals surface area contributed by atoms with Gasteiger partial charge in [-0.2, -0.15) is 0 Å². The van der Waals surface area contributed by atoms with E-state index in [1.165, 1.54) is 6.42 Å². The van der Waals surface area contributed by atoms with Crippen molar-refractivity contribution in [2.45, 2.75) is 53.9 Å². The van der Waals surface area contributed by atoms with E-state index in [1.807, 2.05) is 0 Å². The molecular formula is C11H22O. The fourth-order valence-corrected chi connectivity index (χ4v) is 1.44. The van der Waals surface area contributed by atoms with Gasteiger partial charge in [0.05, 0.1) is 0 Å². The summed E-state index contributed by atoms with van der Waals surface area (Å²) in [7, 11) is 0. The Morgan fingerprint density at radius 1 is 1.33 bits per heavy atom. The molecule has 0 saturated heterocycles. The summed E-state index contributed by atoms with van der Waals surface area (Å²) in [5.74, 6) is 1.06. The Hall–Kier alpha value is -0.330. The van der Waals surface area contributed by atoms with Crippen LogP contribution in [0, 0.1) is 11.3 Å². The van der Waals surface area contributed by atoms with Gasteiger partial charge >= 0.3 is 0 Å². The van der Waals surface area contributed by atoms with E-state index in [0.29, 0.717) is 5.78 Å². The second-order valence-electron chi connectivity index (χ2n) is 4.98. The van der Waals surface area contributed by atoms with Crippen molar-refractivity contribution in [3.63, 3.8) is 0 Å². The zero-order chi connectivity index (χ0) is 9.78. The minimum atomic E-state index is 0.204. The van der Waals surface area contributed by atoms with Crippen LogP contribution < -0.4 is 0 Å². The summed E-state index contributed by atoms with van der Waals surface area (Å²) in [6.07, 6.45) is 3.10. The first-order chi connectivity index (χ1) is 5.33. The molecule has 0 radical (unpaired) electrons. The molecule has 0 aliphatic heterocycles. The van der Waals surface area contributed by atoms with Crippen molar-refractivity contribution in [1.29, 1.82) is 0 Å². The predicted molar refractivity (Wildman–Crippen MR) is 53.2 cm³/mol. The van der Waals surface area contributed by atoms with Gasteiger partial charge in [0.2, 0.25) is 0 Å². The molecule has 0 saturated carbocycles. The molecule has 12 heavy (non-hydrogen) atoms. The summed E-state index contributed by atoms with van der Waals surface area (Å²) >= 11 is 0. The Kier molecular flexibility index (Phi) is 4.51. The molecule has 0 spiro atoms. The van der Waals surface area contributed by atoms with Gasteiger partial charge in [0.1, 0.15) is 5.78 Å². The van der Waals surface area contributed by atoms with E-state index < -0.39 is 0 Å². The van der Waals surface area contributed by atoms with Crippen LogP contribution in [0.5, 0.6) is 0 Å². The van der Waals surface area contributed by atoms with E-state index in [4.69, 9.17) is 0 Å². The number of rotatable bonds is 5. The van der Waals surface area contributed by atoms with Gasteiger partial charge in [0, 0.05) is 6.42 Å². The van der Waals surface area contributed by atoms with Crippen LogP contribution in [0.25, 0.3) is 0 Å². The van der Waals surface area contributed by atoms with Crippen molar-refractivity contribution >= 4 is 5.78 Å². The topological polar surface area (TPSA) is 17.1 Å². The van der Waals surface area contributed by atoms with E-state index in [9.17, 15) is 4.79 Å². The standard InChI is InChI=1S/C11H22O/c1-9(2)6-7-11(4,5)8-10(3)12/h9H,6-8H2,1-5H3. The maximum atomic E-state index is 10.9. The highest BCUT2D eigenvalue weighted by Gasteiger charge is 2.19. The van der Waals surface area contributed by atoms with Gasteiger partial charge in [-0.25, -0.2) is 0 Å². The molecule has 0 aromatic carbocycles. The fraction of sp³-hybridized carbons (Fsp3) is 0.909. The number of hydrogen-bond donors (Lipinski definition) is 0. The molecule has 0 heterocycles. The summed E-state index contributed by atoms with van der Waals surface area (Å²) in [6.45, 7) is 10.5. The lowest BCUT2D eigenvalue weighted by Crippen LogP contribution is -2.16. The summed E-state index contributed by atoms with van der Waals surface area (Å²) in [5, 5.41) is 0. The molecule has 0 rings (SSSR count). The smallest absolute Gasteiger partial charge is 0.130 e. The molecule has 72 valence electrons. The van der Waals surface area contributed by atoms with Crippen molar-refractivity contribution in [3.05, 3.63) is 0 Å². The van der Waals surface area contributed by atoms with Crippen LogP contribution in [0.2, 0.25) is 0 Å². The third kappa shape index (κ3) is 6.38. The zero-order valence-corrected chi connectivity index (χ0v) is 9.11. The van der Waals surface area contributed by atoms with Crippen molar-refractivity contribution < 1.29 is 4.79 Å². The fourth-order valence-electron chi connectivity index (χ4n) is 1.44. The second kappa shape index (κ2) is 4.64. The van der Waals surface area contributed by atoms with Crippen LogP contribution in [0.4, 0.5) is 0 Å². The molecule has 1 heteroatoms. The summed E-state index contributed by atoms with van der Waals surface area (Å²) in [6, 6.07) is 0. The molecule has 0 unspecified atom stereocenters. The Bertz CT molecular complexity index is 145. The van der Waals surface area contributed by atoms with Gasteiger partial charge in [0.15, 0.2) is 0 Å². The third-order valence-corrected chi connectivity index (χ3v) is 2.13. The molecule has 0 aliphatic rings. The molecular weight excluding hydrogens is 148 g/mol. The van der Waals surface area contributed by atoms with Crippen LogP contribution in [0.15, 0.2) is 0 Å². The Balaban J connectivity index is 3.78. The number of carbonyl (C=O) groups excluding carboxylic acids is 1. The number of hydrogen-bond acceptors (Lipinski definition) is 1. The lowest BCUT2D eigenvalue weighted by Gasteiger charge is -2.23. The molecule has 0 aromatic rings. The van der Waals surface area contributed by atoms with Crippen LogP contribution in [0.3, 0.4) is 0 Å². The lowest BCUT2D eigenvalue weighted by molar-refractivity contribution is -0.118. The van der Waals surface area contributed by atoms with E-state index in [2.05, 4.69) is 27.7 Å². The van der Waals surface area contributed by atoms with Crippen LogP contribution in [-0.2, 0) is 4.79 Å². The average molecular weight is 170 g/mol. The molecule has 1 nitrogen and oxygen atoms in total. The summed E-state index contributed by atoms with van der Waals surface area (Å²) in [5.41, 5.74) is 0.204. The minimum absolute atomic E-state index is 0.204. The number of ketones is 1. The highest BCUT2D eigenvalue weighted by Crippen LogP contribution is 2.28. The molecule has 0 N–H and O–H groups in total. The average Bonchev–Trinajstić information content (AvgIpc) is 1.81. The van der Waals surface area contributed by atoms with Gasteiger partial charge in [-0.1, -0.05) is 34.1 Å². The molecule has 0 aliphatic carbocycles. The Morgan fingerprint density at radius 2 is 1.83 bits per heavy atom. The van der Waals surface area contributed by atoms with Crippen molar-refractivity contribution in [1.82, 2.24) is 0 Å². The monoisotopic (exact) mass is 170 g/mol. The molecule has 0 fully saturated rings. The lowest BCUT2D eigenvalue weighted by atomic mass is 9.81.